The molecule has 0 amide bonds. The molecule has 3 aromatic carbocycles. The topological polar surface area (TPSA) is 4.93 Å². The Balaban J connectivity index is 2.16. The molecular formula is C22H21N. The van der Waals surface area contributed by atoms with Crippen LogP contribution in [0.5, 0.6) is 0 Å². The molecule has 0 saturated carbocycles. The van der Waals surface area contributed by atoms with Crippen LogP contribution in [-0.4, -0.2) is 4.57 Å². The molecule has 1 nitrogen and oxygen atoms in total. The number of fused-ring (bicyclic) bond motifs is 3. The first-order valence-corrected chi connectivity index (χ1v) is 8.38. The largest absolute Gasteiger partial charge is 0.338 e. The molecule has 1 heterocycles. The molecule has 1 unspecified atom stereocenters. The van der Waals surface area contributed by atoms with Crippen LogP contribution in [0.15, 0.2) is 72.8 Å². The lowest BCUT2D eigenvalue weighted by atomic mass is 9.99. The average molecular weight is 299 g/mol. The first kappa shape index (κ1) is 14.1. The summed E-state index contributed by atoms with van der Waals surface area (Å²) in [7, 11) is 0. The van der Waals surface area contributed by atoms with Gasteiger partial charge >= 0.3 is 0 Å². The Bertz CT molecular complexity index is 963. The molecule has 1 atom stereocenters. The summed E-state index contributed by atoms with van der Waals surface area (Å²) >= 11 is 0. The predicted molar refractivity (Wildman–Crippen MR) is 99.9 cm³/mol. The lowest BCUT2D eigenvalue weighted by Crippen LogP contribution is -2.02. The van der Waals surface area contributed by atoms with Crippen molar-refractivity contribution in [1.82, 2.24) is 4.57 Å². The van der Waals surface area contributed by atoms with Crippen LogP contribution >= 0.6 is 0 Å². The summed E-state index contributed by atoms with van der Waals surface area (Å²) in [6.07, 6.45) is 1.13. The molecule has 0 radical (unpaired) electrons. The standard InChI is InChI=1S/C22H21N/c1-3-16(2)23-20-14-8-7-12-19(20)22-18(13-9-15-21(22)23)17-10-5-4-6-11-17/h4-16H,3H2,1-2H3. The van der Waals surface area contributed by atoms with Crippen molar-refractivity contribution in [1.29, 1.82) is 0 Å². The van der Waals surface area contributed by atoms with E-state index in [0.717, 1.165) is 6.42 Å². The highest BCUT2D eigenvalue weighted by Gasteiger charge is 2.16. The van der Waals surface area contributed by atoms with Gasteiger partial charge in [-0.3, -0.25) is 0 Å². The van der Waals surface area contributed by atoms with Gasteiger partial charge in [-0.15, -0.1) is 0 Å². The average Bonchev–Trinajstić information content (AvgIpc) is 2.96. The number of para-hydroxylation sites is 1. The minimum absolute atomic E-state index is 0.489. The fourth-order valence-corrected chi connectivity index (χ4v) is 3.56. The third-order valence-corrected chi connectivity index (χ3v) is 4.85. The van der Waals surface area contributed by atoms with E-state index in [1.165, 1.54) is 32.9 Å². The molecule has 0 bridgehead atoms. The number of hydrogen-bond acceptors (Lipinski definition) is 0. The van der Waals surface area contributed by atoms with Gasteiger partial charge in [0.15, 0.2) is 0 Å². The van der Waals surface area contributed by atoms with Gasteiger partial charge in [-0.1, -0.05) is 67.6 Å². The molecule has 1 aromatic heterocycles. The number of nitrogens with zero attached hydrogens (tertiary/aromatic N) is 1. The van der Waals surface area contributed by atoms with Gasteiger partial charge in [0.05, 0.1) is 0 Å². The van der Waals surface area contributed by atoms with Crippen LogP contribution in [0.1, 0.15) is 26.3 Å². The van der Waals surface area contributed by atoms with E-state index in [1.54, 1.807) is 0 Å². The number of hydrogen-bond donors (Lipinski definition) is 0. The van der Waals surface area contributed by atoms with E-state index >= 15 is 0 Å². The van der Waals surface area contributed by atoms with Crippen LogP contribution in [0, 0.1) is 0 Å². The van der Waals surface area contributed by atoms with Crippen molar-refractivity contribution < 1.29 is 0 Å². The molecule has 0 aliphatic rings. The molecular weight excluding hydrogens is 278 g/mol. The van der Waals surface area contributed by atoms with Gasteiger partial charge in [0, 0.05) is 27.8 Å². The lowest BCUT2D eigenvalue weighted by molar-refractivity contribution is 0.563. The second kappa shape index (κ2) is 5.58. The van der Waals surface area contributed by atoms with E-state index in [4.69, 9.17) is 0 Å². The van der Waals surface area contributed by atoms with Crippen LogP contribution in [-0.2, 0) is 0 Å². The monoisotopic (exact) mass is 299 g/mol. The Morgan fingerprint density at radius 1 is 0.783 bits per heavy atom. The van der Waals surface area contributed by atoms with Crippen molar-refractivity contribution in [3.8, 4) is 11.1 Å². The van der Waals surface area contributed by atoms with Gasteiger partial charge in [-0.25, -0.2) is 0 Å². The van der Waals surface area contributed by atoms with E-state index < -0.39 is 0 Å². The van der Waals surface area contributed by atoms with Crippen LogP contribution in [0.3, 0.4) is 0 Å². The summed E-state index contributed by atoms with van der Waals surface area (Å²) in [6, 6.07) is 26.7. The third kappa shape index (κ3) is 2.16. The molecule has 0 spiro atoms. The number of aromatic nitrogens is 1. The first-order chi connectivity index (χ1) is 11.3. The summed E-state index contributed by atoms with van der Waals surface area (Å²) in [5.41, 5.74) is 5.27. The van der Waals surface area contributed by atoms with E-state index in [9.17, 15) is 0 Å². The summed E-state index contributed by atoms with van der Waals surface area (Å²) in [5.74, 6) is 0. The van der Waals surface area contributed by atoms with Crippen LogP contribution < -0.4 is 0 Å². The summed E-state index contributed by atoms with van der Waals surface area (Å²) in [5, 5.41) is 2.72. The molecule has 0 saturated heterocycles. The van der Waals surface area contributed by atoms with Gasteiger partial charge in [0.25, 0.3) is 0 Å². The maximum atomic E-state index is 2.50. The third-order valence-electron chi connectivity index (χ3n) is 4.85. The Labute approximate surface area is 137 Å². The molecule has 4 rings (SSSR count). The van der Waals surface area contributed by atoms with Crippen molar-refractivity contribution in [2.75, 3.05) is 0 Å². The molecule has 0 fully saturated rings. The Morgan fingerprint density at radius 3 is 2.26 bits per heavy atom. The highest BCUT2D eigenvalue weighted by molar-refractivity contribution is 6.14. The minimum atomic E-state index is 0.489. The van der Waals surface area contributed by atoms with Crippen LogP contribution in [0.2, 0.25) is 0 Å². The molecule has 114 valence electrons. The van der Waals surface area contributed by atoms with Crippen LogP contribution in [0.4, 0.5) is 0 Å². The Morgan fingerprint density at radius 2 is 1.48 bits per heavy atom. The van der Waals surface area contributed by atoms with Crippen molar-refractivity contribution >= 4 is 21.8 Å². The van der Waals surface area contributed by atoms with Gasteiger partial charge in [-0.05, 0) is 36.6 Å². The van der Waals surface area contributed by atoms with E-state index in [1.807, 2.05) is 0 Å². The second-order valence-corrected chi connectivity index (χ2v) is 6.21. The number of rotatable bonds is 3. The van der Waals surface area contributed by atoms with E-state index in [2.05, 4.69) is 91.2 Å². The van der Waals surface area contributed by atoms with Gasteiger partial charge in [0.2, 0.25) is 0 Å². The molecule has 1 heteroatoms. The quantitative estimate of drug-likeness (QED) is 0.410. The van der Waals surface area contributed by atoms with Gasteiger partial charge in [-0.2, -0.15) is 0 Å². The second-order valence-electron chi connectivity index (χ2n) is 6.21. The maximum Gasteiger partial charge on any atom is 0.0500 e. The minimum Gasteiger partial charge on any atom is -0.338 e. The fourth-order valence-electron chi connectivity index (χ4n) is 3.56. The highest BCUT2D eigenvalue weighted by Crippen LogP contribution is 2.38. The predicted octanol–water partition coefficient (Wildman–Crippen LogP) is 6.43. The smallest absolute Gasteiger partial charge is 0.0500 e. The van der Waals surface area contributed by atoms with Crippen molar-refractivity contribution in [3.05, 3.63) is 72.8 Å². The first-order valence-electron chi connectivity index (χ1n) is 8.38. The Hall–Kier alpha value is -2.54. The zero-order chi connectivity index (χ0) is 15.8. The lowest BCUT2D eigenvalue weighted by Gasteiger charge is -2.15. The number of benzene rings is 3. The molecule has 0 aliphatic heterocycles. The SMILES string of the molecule is CCC(C)n1c2ccccc2c2c(-c3ccccc3)cccc21. The fraction of sp³-hybridized carbons (Fsp3) is 0.182. The van der Waals surface area contributed by atoms with Gasteiger partial charge < -0.3 is 4.57 Å². The van der Waals surface area contributed by atoms with E-state index in [0.29, 0.717) is 6.04 Å². The molecule has 0 aliphatic carbocycles. The zero-order valence-electron chi connectivity index (χ0n) is 13.7. The maximum absolute atomic E-state index is 2.50. The summed E-state index contributed by atoms with van der Waals surface area (Å²) in [6.45, 7) is 4.56. The van der Waals surface area contributed by atoms with Crippen molar-refractivity contribution in [2.24, 2.45) is 0 Å². The van der Waals surface area contributed by atoms with Crippen LogP contribution in [0.25, 0.3) is 32.9 Å². The van der Waals surface area contributed by atoms with Gasteiger partial charge in [0.1, 0.15) is 0 Å². The summed E-state index contributed by atoms with van der Waals surface area (Å²) < 4.78 is 2.50. The van der Waals surface area contributed by atoms with Crippen molar-refractivity contribution in [3.63, 3.8) is 0 Å². The van der Waals surface area contributed by atoms with Crippen molar-refractivity contribution in [2.45, 2.75) is 26.3 Å². The highest BCUT2D eigenvalue weighted by atomic mass is 15.0. The molecule has 23 heavy (non-hydrogen) atoms. The molecule has 0 N–H and O–H groups in total. The normalized spacial score (nSPS) is 12.8. The Kier molecular flexibility index (Phi) is 3.42. The summed E-state index contributed by atoms with van der Waals surface area (Å²) in [4.78, 5) is 0. The zero-order valence-corrected chi connectivity index (χ0v) is 13.7. The van der Waals surface area contributed by atoms with E-state index in [-0.39, 0.29) is 0 Å². The molecule has 4 aromatic rings.